The van der Waals surface area contributed by atoms with Crippen LogP contribution in [0, 0.1) is 5.92 Å². The van der Waals surface area contributed by atoms with Gasteiger partial charge in [0.1, 0.15) is 6.10 Å². The molecule has 2 heterocycles. The van der Waals surface area contributed by atoms with Crippen LogP contribution < -0.4 is 5.73 Å². The number of nitrogens with zero attached hydrogens (tertiary/aromatic N) is 1. The first-order valence-corrected chi connectivity index (χ1v) is 6.45. The summed E-state index contributed by atoms with van der Waals surface area (Å²) in [5.74, 6) is -4.29. The Labute approximate surface area is 105 Å². The Kier molecular flexibility index (Phi) is 3.87. The largest absolute Gasteiger partial charge is 0.456 e. The Balaban J connectivity index is 1.85. The van der Waals surface area contributed by atoms with Gasteiger partial charge in [-0.1, -0.05) is 0 Å². The fourth-order valence-corrected chi connectivity index (χ4v) is 2.72. The molecule has 2 aliphatic rings. The van der Waals surface area contributed by atoms with Crippen molar-refractivity contribution in [2.45, 2.75) is 44.3 Å². The highest BCUT2D eigenvalue weighted by atomic mass is 19.3. The number of carbonyl (C=O) groups is 1. The molecule has 0 aliphatic carbocycles. The van der Waals surface area contributed by atoms with E-state index in [-0.39, 0.29) is 6.04 Å². The Morgan fingerprint density at radius 2 is 2.33 bits per heavy atom. The third-order valence-corrected chi connectivity index (χ3v) is 3.80. The van der Waals surface area contributed by atoms with Crippen LogP contribution in [0.3, 0.4) is 0 Å². The number of cyclic esters (lactones) is 1. The van der Waals surface area contributed by atoms with Crippen molar-refractivity contribution in [2.24, 2.45) is 11.7 Å². The third kappa shape index (κ3) is 2.98. The average molecular weight is 262 g/mol. The van der Waals surface area contributed by atoms with Crippen molar-refractivity contribution < 1.29 is 18.3 Å². The highest BCUT2D eigenvalue weighted by Gasteiger charge is 2.51. The van der Waals surface area contributed by atoms with E-state index < -0.39 is 24.4 Å². The minimum atomic E-state index is -3.30. The Hall–Kier alpha value is -0.750. The molecule has 0 aromatic carbocycles. The first-order chi connectivity index (χ1) is 8.38. The maximum atomic E-state index is 13.0. The minimum absolute atomic E-state index is 0.111. The average Bonchev–Trinajstić information content (AvgIpc) is 2.52. The van der Waals surface area contributed by atoms with Crippen LogP contribution in [0.1, 0.15) is 26.2 Å². The van der Waals surface area contributed by atoms with Crippen LogP contribution in [-0.2, 0) is 9.53 Å². The van der Waals surface area contributed by atoms with Crippen molar-refractivity contribution in [2.75, 3.05) is 19.6 Å². The van der Waals surface area contributed by atoms with Gasteiger partial charge in [0.05, 0.1) is 6.42 Å². The van der Waals surface area contributed by atoms with Crippen molar-refractivity contribution in [3.63, 3.8) is 0 Å². The standard InChI is InChI=1S/C12H20F2N2O2/c1-8(15)9-3-2-4-16(6-9)7-10-5-12(13,14)11(17)18-10/h8-10H,2-7,15H2,1H3. The molecule has 3 atom stereocenters. The lowest BCUT2D eigenvalue weighted by atomic mass is 9.92. The van der Waals surface area contributed by atoms with Gasteiger partial charge in [-0.05, 0) is 32.2 Å². The van der Waals surface area contributed by atoms with Gasteiger partial charge < -0.3 is 10.5 Å². The zero-order valence-electron chi connectivity index (χ0n) is 10.6. The van der Waals surface area contributed by atoms with Crippen LogP contribution in [-0.4, -0.2) is 48.6 Å². The van der Waals surface area contributed by atoms with Crippen molar-refractivity contribution in [3.05, 3.63) is 0 Å². The number of alkyl halides is 2. The quantitative estimate of drug-likeness (QED) is 0.771. The Morgan fingerprint density at radius 3 is 2.89 bits per heavy atom. The Morgan fingerprint density at radius 1 is 1.61 bits per heavy atom. The molecule has 4 nitrogen and oxygen atoms in total. The number of nitrogens with two attached hydrogens (primary N) is 1. The van der Waals surface area contributed by atoms with Crippen LogP contribution >= 0.6 is 0 Å². The van der Waals surface area contributed by atoms with Crippen molar-refractivity contribution in [1.82, 2.24) is 4.90 Å². The minimum Gasteiger partial charge on any atom is -0.456 e. The SMILES string of the molecule is CC(N)C1CCCN(CC2CC(F)(F)C(=O)O2)C1. The van der Waals surface area contributed by atoms with Gasteiger partial charge in [-0.2, -0.15) is 8.78 Å². The zero-order valence-corrected chi connectivity index (χ0v) is 10.6. The van der Waals surface area contributed by atoms with Crippen LogP contribution in [0.25, 0.3) is 0 Å². The van der Waals surface area contributed by atoms with E-state index in [1.165, 1.54) is 0 Å². The molecule has 2 rings (SSSR count). The van der Waals surface area contributed by atoms with Crippen LogP contribution in [0.2, 0.25) is 0 Å². The molecule has 2 saturated heterocycles. The molecule has 2 N–H and O–H groups in total. The lowest BCUT2D eigenvalue weighted by Crippen LogP contribution is -2.45. The molecule has 104 valence electrons. The predicted molar refractivity (Wildman–Crippen MR) is 62.3 cm³/mol. The molecule has 2 aliphatic heterocycles. The summed E-state index contributed by atoms with van der Waals surface area (Å²) in [7, 11) is 0. The summed E-state index contributed by atoms with van der Waals surface area (Å²) in [5.41, 5.74) is 5.87. The van der Waals surface area contributed by atoms with E-state index in [2.05, 4.69) is 4.90 Å². The number of rotatable bonds is 3. The predicted octanol–water partition coefficient (Wildman–Crippen LogP) is 0.996. The fraction of sp³-hybridized carbons (Fsp3) is 0.917. The molecule has 6 heteroatoms. The highest BCUT2D eigenvalue weighted by molar-refractivity contribution is 5.79. The van der Waals surface area contributed by atoms with Gasteiger partial charge in [0.15, 0.2) is 0 Å². The molecule has 18 heavy (non-hydrogen) atoms. The first-order valence-electron chi connectivity index (χ1n) is 6.45. The molecule has 0 aromatic rings. The molecule has 0 spiro atoms. The number of likely N-dealkylation sites (tertiary alicyclic amines) is 1. The molecule has 3 unspecified atom stereocenters. The number of halogens is 2. The maximum Gasteiger partial charge on any atom is 0.377 e. The molecule has 0 amide bonds. The lowest BCUT2D eigenvalue weighted by molar-refractivity contribution is -0.159. The first kappa shape index (κ1) is 13.7. The second-order valence-electron chi connectivity index (χ2n) is 5.46. The summed E-state index contributed by atoms with van der Waals surface area (Å²) in [5, 5.41) is 0. The van der Waals surface area contributed by atoms with E-state index >= 15 is 0 Å². The smallest absolute Gasteiger partial charge is 0.377 e. The monoisotopic (exact) mass is 262 g/mol. The molecular formula is C12H20F2N2O2. The van der Waals surface area contributed by atoms with E-state index in [0.29, 0.717) is 12.5 Å². The second kappa shape index (κ2) is 5.09. The summed E-state index contributed by atoms with van der Waals surface area (Å²) < 4.78 is 30.8. The van der Waals surface area contributed by atoms with Crippen molar-refractivity contribution in [1.29, 1.82) is 0 Å². The number of piperidine rings is 1. The van der Waals surface area contributed by atoms with Gasteiger partial charge in [-0.25, -0.2) is 4.79 Å². The van der Waals surface area contributed by atoms with Gasteiger partial charge in [0.25, 0.3) is 0 Å². The van der Waals surface area contributed by atoms with E-state index in [9.17, 15) is 13.6 Å². The van der Waals surface area contributed by atoms with Crippen molar-refractivity contribution in [3.8, 4) is 0 Å². The molecule has 0 saturated carbocycles. The molecule has 0 bridgehead atoms. The lowest BCUT2D eigenvalue weighted by Gasteiger charge is -2.35. The molecule has 0 radical (unpaired) electrons. The number of hydrogen-bond donors (Lipinski definition) is 1. The van der Waals surface area contributed by atoms with E-state index in [1.54, 1.807) is 0 Å². The van der Waals surface area contributed by atoms with Crippen LogP contribution in [0.4, 0.5) is 8.78 Å². The topological polar surface area (TPSA) is 55.6 Å². The fourth-order valence-electron chi connectivity index (χ4n) is 2.72. The van der Waals surface area contributed by atoms with Gasteiger partial charge >= 0.3 is 11.9 Å². The summed E-state index contributed by atoms with van der Waals surface area (Å²) in [6.45, 7) is 4.03. The van der Waals surface area contributed by atoms with E-state index in [1.807, 2.05) is 6.92 Å². The molecular weight excluding hydrogens is 242 g/mol. The highest BCUT2D eigenvalue weighted by Crippen LogP contribution is 2.32. The summed E-state index contributed by atoms with van der Waals surface area (Å²) in [6, 6.07) is 0.111. The number of ether oxygens (including phenoxy) is 1. The number of carbonyl (C=O) groups excluding carboxylic acids is 1. The third-order valence-electron chi connectivity index (χ3n) is 3.80. The second-order valence-corrected chi connectivity index (χ2v) is 5.46. The number of hydrogen-bond acceptors (Lipinski definition) is 4. The molecule has 0 aromatic heterocycles. The van der Waals surface area contributed by atoms with Crippen molar-refractivity contribution >= 4 is 5.97 Å². The normalized spacial score (nSPS) is 34.3. The zero-order chi connectivity index (χ0) is 13.3. The Bertz CT molecular complexity index is 323. The van der Waals surface area contributed by atoms with Gasteiger partial charge in [0.2, 0.25) is 0 Å². The maximum absolute atomic E-state index is 13.0. The number of esters is 1. The summed E-state index contributed by atoms with van der Waals surface area (Å²) >= 11 is 0. The van der Waals surface area contributed by atoms with Gasteiger partial charge in [0, 0.05) is 19.1 Å². The molecule has 2 fully saturated rings. The van der Waals surface area contributed by atoms with Gasteiger partial charge in [-0.15, -0.1) is 0 Å². The van der Waals surface area contributed by atoms with E-state index in [4.69, 9.17) is 10.5 Å². The van der Waals surface area contributed by atoms with Crippen LogP contribution in [0.15, 0.2) is 0 Å². The van der Waals surface area contributed by atoms with E-state index in [0.717, 1.165) is 25.9 Å². The van der Waals surface area contributed by atoms with Crippen LogP contribution in [0.5, 0.6) is 0 Å². The summed E-state index contributed by atoms with van der Waals surface area (Å²) in [4.78, 5) is 13.0. The van der Waals surface area contributed by atoms with Gasteiger partial charge in [-0.3, -0.25) is 4.90 Å². The summed E-state index contributed by atoms with van der Waals surface area (Å²) in [6.07, 6.45) is 0.919.